The summed E-state index contributed by atoms with van der Waals surface area (Å²) >= 11 is 28.5. The SMILES string of the molecule is CCCn1nnc(F)c1C(Cl)(Cl)C(Cl)(Cl)Cl. The van der Waals surface area contributed by atoms with Crippen LogP contribution in [0.4, 0.5) is 4.39 Å². The van der Waals surface area contributed by atoms with Gasteiger partial charge in [-0.15, -0.1) is 0 Å². The average molecular weight is 329 g/mol. The molecule has 0 atom stereocenters. The van der Waals surface area contributed by atoms with Gasteiger partial charge in [-0.3, -0.25) is 0 Å². The molecule has 3 nitrogen and oxygen atoms in total. The largest absolute Gasteiger partial charge is 0.259 e. The van der Waals surface area contributed by atoms with Crippen molar-refractivity contribution in [2.24, 2.45) is 0 Å². The minimum Gasteiger partial charge on any atom is -0.243 e. The van der Waals surface area contributed by atoms with Crippen molar-refractivity contribution >= 4 is 58.0 Å². The molecule has 0 unspecified atom stereocenters. The topological polar surface area (TPSA) is 30.7 Å². The predicted molar refractivity (Wildman–Crippen MR) is 63.9 cm³/mol. The fraction of sp³-hybridized carbons (Fsp3) is 0.714. The molecule has 0 aliphatic heterocycles. The van der Waals surface area contributed by atoms with E-state index in [0.29, 0.717) is 13.0 Å². The lowest BCUT2D eigenvalue weighted by atomic mass is 10.3. The van der Waals surface area contributed by atoms with Crippen LogP contribution in [0.3, 0.4) is 0 Å². The fourth-order valence-corrected chi connectivity index (χ4v) is 1.71. The van der Waals surface area contributed by atoms with E-state index in [1.54, 1.807) is 0 Å². The summed E-state index contributed by atoms with van der Waals surface area (Å²) in [5.74, 6) is -0.954. The highest BCUT2D eigenvalue weighted by atomic mass is 35.6. The van der Waals surface area contributed by atoms with Crippen LogP contribution in [0.2, 0.25) is 0 Å². The van der Waals surface area contributed by atoms with Gasteiger partial charge in [0.25, 0.3) is 5.95 Å². The van der Waals surface area contributed by atoms with Crippen LogP contribution in [-0.2, 0) is 10.9 Å². The Kier molecular flexibility index (Phi) is 4.58. The number of aryl methyl sites for hydroxylation is 1. The molecule has 0 radical (unpaired) electrons. The van der Waals surface area contributed by atoms with E-state index in [0.717, 1.165) is 0 Å². The van der Waals surface area contributed by atoms with Crippen LogP contribution in [-0.4, -0.2) is 18.8 Å². The molecule has 0 fully saturated rings. The lowest BCUT2D eigenvalue weighted by molar-refractivity contribution is 0.531. The molecule has 9 heteroatoms. The van der Waals surface area contributed by atoms with Crippen LogP contribution < -0.4 is 0 Å². The lowest BCUT2D eigenvalue weighted by Gasteiger charge is -2.27. The van der Waals surface area contributed by atoms with Crippen molar-refractivity contribution in [2.45, 2.75) is 28.0 Å². The first kappa shape index (κ1) is 14.6. The Morgan fingerprint density at radius 2 is 1.81 bits per heavy atom. The van der Waals surface area contributed by atoms with Gasteiger partial charge in [0.2, 0.25) is 8.13 Å². The summed E-state index contributed by atoms with van der Waals surface area (Å²) in [6.07, 6.45) is 0.680. The Morgan fingerprint density at radius 1 is 1.25 bits per heavy atom. The van der Waals surface area contributed by atoms with E-state index in [-0.39, 0.29) is 5.69 Å². The normalized spacial score (nSPS) is 13.2. The third kappa shape index (κ3) is 2.67. The predicted octanol–water partition coefficient (Wildman–Crippen LogP) is 3.83. The first-order chi connectivity index (χ1) is 7.21. The molecule has 0 N–H and O–H groups in total. The minimum atomic E-state index is -2.09. The highest BCUT2D eigenvalue weighted by Crippen LogP contribution is 2.53. The second-order valence-corrected chi connectivity index (χ2v) is 6.63. The van der Waals surface area contributed by atoms with Crippen molar-refractivity contribution in [1.29, 1.82) is 0 Å². The minimum absolute atomic E-state index is 0.252. The molecule has 0 bridgehead atoms. The maximum atomic E-state index is 13.4. The van der Waals surface area contributed by atoms with E-state index < -0.39 is 14.1 Å². The van der Waals surface area contributed by atoms with E-state index in [9.17, 15) is 4.39 Å². The molecule has 0 aromatic carbocycles. The molecule has 0 saturated carbocycles. The van der Waals surface area contributed by atoms with Gasteiger partial charge in [-0.25, -0.2) is 4.68 Å². The Morgan fingerprint density at radius 3 is 2.25 bits per heavy atom. The molecule has 1 aromatic heterocycles. The van der Waals surface area contributed by atoms with E-state index >= 15 is 0 Å². The highest BCUT2D eigenvalue weighted by Gasteiger charge is 2.51. The standard InChI is InChI=1S/C7H7Cl5FN3/c1-2-3-16-4(5(13)14-15-16)6(8,9)7(10,11)12/h2-3H2,1H3. The van der Waals surface area contributed by atoms with Gasteiger partial charge in [0.05, 0.1) is 0 Å². The van der Waals surface area contributed by atoms with Gasteiger partial charge in [0.15, 0.2) is 0 Å². The number of aromatic nitrogens is 3. The van der Waals surface area contributed by atoms with E-state index in [4.69, 9.17) is 58.0 Å². The number of alkyl halides is 5. The Balaban J connectivity index is 3.25. The molecule has 1 rings (SSSR count). The van der Waals surface area contributed by atoms with Crippen LogP contribution in [0.1, 0.15) is 19.0 Å². The molecule has 0 aliphatic carbocycles. The zero-order valence-corrected chi connectivity index (χ0v) is 11.8. The lowest BCUT2D eigenvalue weighted by Crippen LogP contribution is -2.32. The summed E-state index contributed by atoms with van der Waals surface area (Å²) in [4.78, 5) is 0. The molecule has 0 aliphatic rings. The fourth-order valence-electron chi connectivity index (χ4n) is 1.09. The van der Waals surface area contributed by atoms with Crippen molar-refractivity contribution < 1.29 is 4.39 Å². The van der Waals surface area contributed by atoms with Gasteiger partial charge in [0, 0.05) is 6.54 Å². The van der Waals surface area contributed by atoms with E-state index in [1.165, 1.54) is 4.68 Å². The molecule has 0 saturated heterocycles. The van der Waals surface area contributed by atoms with E-state index in [2.05, 4.69) is 10.3 Å². The molecule has 0 spiro atoms. The first-order valence-electron chi connectivity index (χ1n) is 4.25. The van der Waals surface area contributed by atoms with Crippen molar-refractivity contribution in [1.82, 2.24) is 15.0 Å². The van der Waals surface area contributed by atoms with Gasteiger partial charge >= 0.3 is 0 Å². The average Bonchev–Trinajstić information content (AvgIpc) is 2.46. The summed E-state index contributed by atoms with van der Waals surface area (Å²) in [6.45, 7) is 2.23. The Hall–Kier alpha value is 0.520. The van der Waals surface area contributed by atoms with Gasteiger partial charge < -0.3 is 0 Å². The maximum absolute atomic E-state index is 13.4. The third-order valence-corrected chi connectivity index (χ3v) is 4.14. The van der Waals surface area contributed by atoms with Crippen LogP contribution in [0, 0.1) is 5.95 Å². The van der Waals surface area contributed by atoms with Crippen molar-refractivity contribution in [2.75, 3.05) is 0 Å². The van der Waals surface area contributed by atoms with Crippen molar-refractivity contribution in [3.8, 4) is 0 Å². The number of rotatable bonds is 3. The van der Waals surface area contributed by atoms with Crippen molar-refractivity contribution in [3.63, 3.8) is 0 Å². The first-order valence-corrected chi connectivity index (χ1v) is 6.14. The monoisotopic (exact) mass is 327 g/mol. The summed E-state index contributed by atoms with van der Waals surface area (Å²) < 4.78 is 10.4. The molecular formula is C7H7Cl5FN3. The van der Waals surface area contributed by atoms with Gasteiger partial charge in [-0.05, 0) is 6.42 Å². The molecule has 92 valence electrons. The zero-order chi connectivity index (χ0) is 12.6. The summed E-state index contributed by atoms with van der Waals surface area (Å²) in [6, 6.07) is 0. The molecule has 0 amide bonds. The maximum Gasteiger partial charge on any atom is 0.259 e. The molecule has 1 heterocycles. The second kappa shape index (κ2) is 5.02. The van der Waals surface area contributed by atoms with Crippen LogP contribution in [0.15, 0.2) is 0 Å². The third-order valence-electron chi connectivity index (χ3n) is 1.78. The molecule has 1 aromatic rings. The quantitative estimate of drug-likeness (QED) is 0.789. The van der Waals surface area contributed by atoms with Gasteiger partial charge in [-0.2, -0.15) is 4.39 Å². The van der Waals surface area contributed by atoms with Crippen LogP contribution in [0.5, 0.6) is 0 Å². The Labute approximate surface area is 117 Å². The Bertz CT molecular complexity index is 373. The van der Waals surface area contributed by atoms with E-state index in [1.807, 2.05) is 6.92 Å². The number of hydrogen-bond donors (Lipinski definition) is 0. The van der Waals surface area contributed by atoms with Crippen LogP contribution >= 0.6 is 58.0 Å². The van der Waals surface area contributed by atoms with Crippen LogP contribution in [0.25, 0.3) is 0 Å². The number of nitrogens with zero attached hydrogens (tertiary/aromatic N) is 3. The summed E-state index contributed by atoms with van der Waals surface area (Å²) in [5, 5.41) is 6.75. The van der Waals surface area contributed by atoms with Gasteiger partial charge in [0.1, 0.15) is 5.69 Å². The smallest absolute Gasteiger partial charge is 0.243 e. The highest BCUT2D eigenvalue weighted by molar-refractivity contribution is 6.75. The second-order valence-electron chi connectivity index (χ2n) is 3.02. The van der Waals surface area contributed by atoms with Crippen molar-refractivity contribution in [3.05, 3.63) is 11.6 Å². The summed E-state index contributed by atoms with van der Waals surface area (Å²) in [5.41, 5.74) is -0.252. The number of hydrogen-bond acceptors (Lipinski definition) is 2. The molecule has 16 heavy (non-hydrogen) atoms. The number of halogens is 6. The molecular weight excluding hydrogens is 322 g/mol. The van der Waals surface area contributed by atoms with Gasteiger partial charge in [-0.1, -0.05) is 75.2 Å². The summed E-state index contributed by atoms with van der Waals surface area (Å²) in [7, 11) is 0. The zero-order valence-electron chi connectivity index (χ0n) is 8.02.